The molecular weight excluding hydrogens is 335 g/mol. The van der Waals surface area contributed by atoms with E-state index in [-0.39, 0.29) is 24.1 Å². The van der Waals surface area contributed by atoms with Crippen LogP contribution < -0.4 is 5.19 Å². The minimum Gasteiger partial charge on any atom is -0.403 e. The Morgan fingerprint density at radius 1 is 0.808 bits per heavy atom. The van der Waals surface area contributed by atoms with Gasteiger partial charge in [-0.15, -0.1) is 0 Å². The Kier molecular flexibility index (Phi) is 5.22. The zero-order valence-electron chi connectivity index (χ0n) is 17.0. The molecule has 1 aliphatic heterocycles. The van der Waals surface area contributed by atoms with Crippen molar-refractivity contribution in [1.82, 2.24) is 0 Å². The van der Waals surface area contributed by atoms with Gasteiger partial charge in [0, 0.05) is 5.82 Å². The van der Waals surface area contributed by atoms with E-state index in [4.69, 9.17) is 9.31 Å². The van der Waals surface area contributed by atoms with Crippen LogP contribution in [0, 0.1) is 0 Å². The van der Waals surface area contributed by atoms with Gasteiger partial charge in [-0.2, -0.15) is 0 Å². The van der Waals surface area contributed by atoms with Gasteiger partial charge in [-0.25, -0.2) is 0 Å². The van der Waals surface area contributed by atoms with Crippen LogP contribution in [0.25, 0.3) is 0 Å². The third-order valence-electron chi connectivity index (χ3n) is 6.11. The zero-order valence-corrected chi connectivity index (χ0v) is 18.0. The second-order valence-electron chi connectivity index (χ2n) is 9.10. The second kappa shape index (κ2) is 6.99. The Balaban J connectivity index is 1.93. The highest BCUT2D eigenvalue weighted by atomic mass is 28.3. The molecule has 0 amide bonds. The lowest BCUT2D eigenvalue weighted by Gasteiger charge is -2.32. The van der Waals surface area contributed by atoms with E-state index >= 15 is 0 Å². The molecule has 1 atom stereocenters. The molecule has 4 heteroatoms. The summed E-state index contributed by atoms with van der Waals surface area (Å²) in [4.78, 5) is 0. The predicted octanol–water partition coefficient (Wildman–Crippen LogP) is 5.02. The second-order valence-corrected chi connectivity index (χ2v) is 13.8. The molecule has 26 heavy (non-hydrogen) atoms. The van der Waals surface area contributed by atoms with Crippen LogP contribution in [0.15, 0.2) is 60.7 Å². The number of rotatable bonds is 5. The fraction of sp³-hybridized carbons (Fsp3) is 0.455. The highest BCUT2D eigenvalue weighted by Gasteiger charge is 2.54. The molecule has 1 fully saturated rings. The minimum atomic E-state index is -1.65. The van der Waals surface area contributed by atoms with Crippen molar-refractivity contribution in [3.63, 3.8) is 0 Å². The fourth-order valence-corrected chi connectivity index (χ4v) is 6.54. The van der Waals surface area contributed by atoms with Crippen LogP contribution in [-0.2, 0) is 9.31 Å². The molecule has 0 N–H and O–H groups in total. The molecule has 2 nitrogen and oxygen atoms in total. The van der Waals surface area contributed by atoms with Crippen LogP contribution in [-0.4, -0.2) is 26.4 Å². The summed E-state index contributed by atoms with van der Waals surface area (Å²) >= 11 is 0. The molecule has 1 saturated heterocycles. The quantitative estimate of drug-likeness (QED) is 0.692. The maximum Gasteiger partial charge on any atom is 0.465 e. The molecule has 2 aromatic carbocycles. The Labute approximate surface area is 160 Å². The van der Waals surface area contributed by atoms with Gasteiger partial charge >= 0.3 is 7.12 Å². The first-order valence-corrected chi connectivity index (χ1v) is 12.8. The third kappa shape index (κ3) is 3.83. The molecule has 0 spiro atoms. The van der Waals surface area contributed by atoms with Crippen molar-refractivity contribution < 1.29 is 9.31 Å². The van der Waals surface area contributed by atoms with E-state index in [1.54, 1.807) is 0 Å². The Bertz CT molecular complexity index is 712. The average molecular weight is 366 g/mol. The Morgan fingerprint density at radius 3 is 1.77 bits per heavy atom. The van der Waals surface area contributed by atoms with Crippen LogP contribution in [0.5, 0.6) is 0 Å². The predicted molar refractivity (Wildman–Crippen MR) is 114 cm³/mol. The van der Waals surface area contributed by atoms with Gasteiger partial charge in [0.2, 0.25) is 0 Å². The molecule has 0 bridgehead atoms. The van der Waals surface area contributed by atoms with E-state index < -0.39 is 8.07 Å². The Morgan fingerprint density at radius 2 is 1.27 bits per heavy atom. The zero-order chi connectivity index (χ0) is 19.0. The van der Waals surface area contributed by atoms with Crippen LogP contribution in [0.3, 0.4) is 0 Å². The fourth-order valence-electron chi connectivity index (χ4n) is 3.68. The maximum atomic E-state index is 6.46. The molecule has 138 valence electrons. The van der Waals surface area contributed by atoms with Gasteiger partial charge in [-0.05, 0) is 39.3 Å². The van der Waals surface area contributed by atoms with Gasteiger partial charge in [-0.1, -0.05) is 78.9 Å². The molecule has 0 aliphatic carbocycles. The summed E-state index contributed by atoms with van der Waals surface area (Å²) in [6.07, 6.45) is 0. The van der Waals surface area contributed by atoms with E-state index in [2.05, 4.69) is 101 Å². The van der Waals surface area contributed by atoms with E-state index in [1.807, 2.05) is 0 Å². The molecular formula is C22H31BO2Si. The van der Waals surface area contributed by atoms with E-state index in [0.29, 0.717) is 0 Å². The normalized spacial score (nSPS) is 20.2. The SMILES string of the molecule is CC1(C)OB(C(C[Si](C)(C)c2ccccc2)c2ccccc2)OC1(C)C. The average Bonchev–Trinajstić information content (AvgIpc) is 2.82. The van der Waals surface area contributed by atoms with E-state index in [1.165, 1.54) is 10.8 Å². The molecule has 3 rings (SSSR count). The number of hydrogen-bond donors (Lipinski definition) is 0. The van der Waals surface area contributed by atoms with Gasteiger partial charge < -0.3 is 9.31 Å². The van der Waals surface area contributed by atoms with E-state index in [0.717, 1.165) is 6.04 Å². The summed E-state index contributed by atoms with van der Waals surface area (Å²) < 4.78 is 12.9. The van der Waals surface area contributed by atoms with Crippen LogP contribution in [0.1, 0.15) is 39.1 Å². The van der Waals surface area contributed by atoms with Gasteiger partial charge in [0.1, 0.15) is 0 Å². The van der Waals surface area contributed by atoms with Crippen LogP contribution in [0.4, 0.5) is 0 Å². The van der Waals surface area contributed by atoms with Crippen molar-refractivity contribution in [1.29, 1.82) is 0 Å². The van der Waals surface area contributed by atoms with Crippen LogP contribution >= 0.6 is 0 Å². The summed E-state index contributed by atoms with van der Waals surface area (Å²) in [5.41, 5.74) is 0.703. The van der Waals surface area contributed by atoms with Gasteiger partial charge in [-0.3, -0.25) is 0 Å². The van der Waals surface area contributed by atoms with Crippen LogP contribution in [0.2, 0.25) is 19.1 Å². The summed E-state index contributed by atoms with van der Waals surface area (Å²) in [5, 5.41) is 1.48. The molecule has 1 heterocycles. The van der Waals surface area contributed by atoms with Crippen molar-refractivity contribution in [2.24, 2.45) is 0 Å². The minimum absolute atomic E-state index is 0.210. The molecule has 1 unspecified atom stereocenters. The third-order valence-corrected chi connectivity index (χ3v) is 9.47. The topological polar surface area (TPSA) is 18.5 Å². The van der Waals surface area contributed by atoms with Crippen molar-refractivity contribution in [3.05, 3.63) is 66.2 Å². The summed E-state index contributed by atoms with van der Waals surface area (Å²) in [5.74, 6) is 0.235. The smallest absolute Gasteiger partial charge is 0.403 e. The summed E-state index contributed by atoms with van der Waals surface area (Å²) in [6.45, 7) is 13.4. The summed E-state index contributed by atoms with van der Waals surface area (Å²) in [6, 6.07) is 22.8. The van der Waals surface area contributed by atoms with Gasteiger partial charge in [0.15, 0.2) is 0 Å². The highest BCUT2D eigenvalue weighted by Crippen LogP contribution is 2.43. The highest BCUT2D eigenvalue weighted by molar-refractivity contribution is 6.90. The molecule has 0 aromatic heterocycles. The molecule has 0 radical (unpaired) electrons. The molecule has 2 aromatic rings. The lowest BCUT2D eigenvalue weighted by Crippen LogP contribution is -2.45. The van der Waals surface area contributed by atoms with Gasteiger partial charge in [0.05, 0.1) is 19.3 Å². The first-order chi connectivity index (χ1) is 12.1. The number of hydrogen-bond acceptors (Lipinski definition) is 2. The first kappa shape index (κ1) is 19.4. The van der Waals surface area contributed by atoms with Gasteiger partial charge in [0.25, 0.3) is 0 Å². The lowest BCUT2D eigenvalue weighted by atomic mass is 9.69. The van der Waals surface area contributed by atoms with Crippen molar-refractivity contribution in [2.75, 3.05) is 0 Å². The lowest BCUT2D eigenvalue weighted by molar-refractivity contribution is 0.00578. The maximum absolute atomic E-state index is 6.46. The monoisotopic (exact) mass is 366 g/mol. The van der Waals surface area contributed by atoms with E-state index in [9.17, 15) is 0 Å². The first-order valence-electron chi connectivity index (χ1n) is 9.58. The van der Waals surface area contributed by atoms with Crippen molar-refractivity contribution in [2.45, 2.75) is 63.9 Å². The largest absolute Gasteiger partial charge is 0.465 e. The standard InChI is InChI=1S/C22H31BO2Si/c1-21(2)22(3,4)25-23(24-21)20(18-13-9-7-10-14-18)17-26(5,6)19-15-11-8-12-16-19/h7-16,20H,17H2,1-6H3. The Hall–Kier alpha value is -1.36. The van der Waals surface area contributed by atoms with Crippen molar-refractivity contribution in [3.8, 4) is 0 Å². The van der Waals surface area contributed by atoms with Crippen molar-refractivity contribution >= 4 is 20.4 Å². The summed E-state index contributed by atoms with van der Waals surface area (Å²) in [7, 11) is -1.86. The molecule has 1 aliphatic rings. The number of benzene rings is 2. The molecule has 0 saturated carbocycles.